The SMILES string of the molecule is CC1(CN2CCC(=O)N3CCCC3C2=O)CCCCC1. The van der Waals surface area contributed by atoms with E-state index in [2.05, 4.69) is 6.92 Å². The van der Waals surface area contributed by atoms with Crippen molar-refractivity contribution in [3.63, 3.8) is 0 Å². The van der Waals surface area contributed by atoms with Gasteiger partial charge in [0.05, 0.1) is 0 Å². The lowest BCUT2D eigenvalue weighted by Gasteiger charge is -2.38. The third kappa shape index (κ3) is 2.57. The minimum atomic E-state index is -0.155. The monoisotopic (exact) mass is 278 g/mol. The fraction of sp³-hybridized carbons (Fsp3) is 0.875. The van der Waals surface area contributed by atoms with E-state index in [1.807, 2.05) is 9.80 Å². The summed E-state index contributed by atoms with van der Waals surface area (Å²) in [5.41, 5.74) is 0.269. The van der Waals surface area contributed by atoms with Gasteiger partial charge in [-0.15, -0.1) is 0 Å². The van der Waals surface area contributed by atoms with Gasteiger partial charge in [-0.25, -0.2) is 0 Å². The summed E-state index contributed by atoms with van der Waals surface area (Å²) in [5, 5.41) is 0. The lowest BCUT2D eigenvalue weighted by atomic mass is 9.75. The smallest absolute Gasteiger partial charge is 0.245 e. The fourth-order valence-corrected chi connectivity index (χ4v) is 4.20. The second-order valence-electron chi connectivity index (χ2n) is 7.13. The zero-order valence-electron chi connectivity index (χ0n) is 12.6. The molecule has 3 rings (SSSR count). The van der Waals surface area contributed by atoms with E-state index >= 15 is 0 Å². The summed E-state index contributed by atoms with van der Waals surface area (Å²) in [4.78, 5) is 28.7. The number of fused-ring (bicyclic) bond motifs is 1. The third-order valence-electron chi connectivity index (χ3n) is 5.40. The Bertz CT molecular complexity index is 401. The Balaban J connectivity index is 1.72. The Morgan fingerprint density at radius 1 is 1.10 bits per heavy atom. The summed E-state index contributed by atoms with van der Waals surface area (Å²) in [6.45, 7) is 4.57. The highest BCUT2D eigenvalue weighted by Gasteiger charge is 2.41. The Labute approximate surface area is 121 Å². The summed E-state index contributed by atoms with van der Waals surface area (Å²) in [7, 11) is 0. The van der Waals surface area contributed by atoms with Crippen molar-refractivity contribution in [2.75, 3.05) is 19.6 Å². The minimum Gasteiger partial charge on any atom is -0.340 e. The Hall–Kier alpha value is -1.06. The van der Waals surface area contributed by atoms with E-state index in [-0.39, 0.29) is 23.3 Å². The van der Waals surface area contributed by atoms with Gasteiger partial charge in [0.2, 0.25) is 11.8 Å². The molecule has 1 unspecified atom stereocenters. The maximum Gasteiger partial charge on any atom is 0.245 e. The Morgan fingerprint density at radius 2 is 1.85 bits per heavy atom. The number of rotatable bonds is 2. The van der Waals surface area contributed by atoms with Crippen LogP contribution < -0.4 is 0 Å². The molecule has 0 radical (unpaired) electrons. The Morgan fingerprint density at radius 3 is 2.60 bits per heavy atom. The van der Waals surface area contributed by atoms with Crippen LogP contribution in [0.25, 0.3) is 0 Å². The standard InChI is InChI=1S/C16H26N2O2/c1-16(8-3-2-4-9-16)12-17-11-7-14(19)18-10-5-6-13(18)15(17)20/h13H,2-12H2,1H3. The van der Waals surface area contributed by atoms with Crippen LogP contribution >= 0.6 is 0 Å². The van der Waals surface area contributed by atoms with Crippen LogP contribution in [0.1, 0.15) is 58.3 Å². The molecule has 3 aliphatic rings. The van der Waals surface area contributed by atoms with Crippen LogP contribution in [-0.2, 0) is 9.59 Å². The average molecular weight is 278 g/mol. The zero-order valence-corrected chi connectivity index (χ0v) is 12.6. The number of hydrogen-bond acceptors (Lipinski definition) is 2. The highest BCUT2D eigenvalue weighted by Crippen LogP contribution is 2.37. The van der Waals surface area contributed by atoms with Gasteiger partial charge in [-0.3, -0.25) is 9.59 Å². The molecule has 2 heterocycles. The summed E-state index contributed by atoms with van der Waals surface area (Å²) >= 11 is 0. The number of amides is 2. The van der Waals surface area contributed by atoms with Gasteiger partial charge in [-0.05, 0) is 31.1 Å². The van der Waals surface area contributed by atoms with Crippen molar-refractivity contribution in [3.05, 3.63) is 0 Å². The number of nitrogens with zero attached hydrogens (tertiary/aromatic N) is 2. The van der Waals surface area contributed by atoms with Crippen molar-refractivity contribution in [2.24, 2.45) is 5.41 Å². The van der Waals surface area contributed by atoms with E-state index in [4.69, 9.17) is 0 Å². The van der Waals surface area contributed by atoms with E-state index in [9.17, 15) is 9.59 Å². The molecule has 4 nitrogen and oxygen atoms in total. The second-order valence-corrected chi connectivity index (χ2v) is 7.13. The van der Waals surface area contributed by atoms with Crippen molar-refractivity contribution in [3.8, 4) is 0 Å². The van der Waals surface area contributed by atoms with Gasteiger partial charge < -0.3 is 9.80 Å². The third-order valence-corrected chi connectivity index (χ3v) is 5.40. The lowest BCUT2D eigenvalue weighted by Crippen LogP contribution is -2.47. The molecule has 0 aromatic rings. The van der Waals surface area contributed by atoms with Crippen molar-refractivity contribution in [1.82, 2.24) is 9.80 Å². The molecule has 4 heteroatoms. The summed E-state index contributed by atoms with van der Waals surface area (Å²) in [5.74, 6) is 0.386. The first-order chi connectivity index (χ1) is 9.59. The van der Waals surface area contributed by atoms with Crippen LogP contribution in [0, 0.1) is 5.41 Å². The number of hydrogen-bond donors (Lipinski definition) is 0. The molecule has 1 atom stereocenters. The van der Waals surface area contributed by atoms with Crippen molar-refractivity contribution in [1.29, 1.82) is 0 Å². The van der Waals surface area contributed by atoms with Crippen molar-refractivity contribution >= 4 is 11.8 Å². The van der Waals surface area contributed by atoms with Gasteiger partial charge in [0.25, 0.3) is 0 Å². The van der Waals surface area contributed by atoms with E-state index in [0.29, 0.717) is 13.0 Å². The van der Waals surface area contributed by atoms with Crippen LogP contribution in [0.15, 0.2) is 0 Å². The minimum absolute atomic E-state index is 0.155. The molecule has 20 heavy (non-hydrogen) atoms. The highest BCUT2D eigenvalue weighted by molar-refractivity contribution is 5.90. The molecule has 2 amide bonds. The van der Waals surface area contributed by atoms with E-state index < -0.39 is 0 Å². The molecule has 3 fully saturated rings. The molecular weight excluding hydrogens is 252 g/mol. The van der Waals surface area contributed by atoms with Gasteiger partial charge in [-0.2, -0.15) is 0 Å². The maximum absolute atomic E-state index is 12.7. The maximum atomic E-state index is 12.7. The van der Waals surface area contributed by atoms with E-state index in [0.717, 1.165) is 25.9 Å². The van der Waals surface area contributed by atoms with E-state index in [1.54, 1.807) is 0 Å². The molecule has 0 spiro atoms. The predicted molar refractivity (Wildman–Crippen MR) is 77.1 cm³/mol. The average Bonchev–Trinajstić information content (AvgIpc) is 2.89. The first kappa shape index (κ1) is 13.9. The van der Waals surface area contributed by atoms with Gasteiger partial charge in [0.15, 0.2) is 0 Å². The number of carbonyl (C=O) groups is 2. The first-order valence-corrected chi connectivity index (χ1v) is 8.17. The zero-order chi connectivity index (χ0) is 14.2. The molecule has 0 aromatic carbocycles. The van der Waals surface area contributed by atoms with Gasteiger partial charge in [0.1, 0.15) is 6.04 Å². The van der Waals surface area contributed by atoms with E-state index in [1.165, 1.54) is 32.1 Å². The fourth-order valence-electron chi connectivity index (χ4n) is 4.20. The Kier molecular flexibility index (Phi) is 3.74. The van der Waals surface area contributed by atoms with Gasteiger partial charge in [0, 0.05) is 26.1 Å². The highest BCUT2D eigenvalue weighted by atomic mass is 16.2. The number of carbonyl (C=O) groups excluding carboxylic acids is 2. The summed E-state index contributed by atoms with van der Waals surface area (Å²) in [6, 6.07) is -0.155. The van der Waals surface area contributed by atoms with Gasteiger partial charge >= 0.3 is 0 Å². The van der Waals surface area contributed by atoms with Crippen molar-refractivity contribution in [2.45, 2.75) is 64.3 Å². The molecule has 2 saturated heterocycles. The van der Waals surface area contributed by atoms with Crippen molar-refractivity contribution < 1.29 is 9.59 Å². The van der Waals surface area contributed by atoms with Crippen LogP contribution in [0.5, 0.6) is 0 Å². The molecule has 0 aromatic heterocycles. The quantitative estimate of drug-likeness (QED) is 0.777. The topological polar surface area (TPSA) is 40.6 Å². The first-order valence-electron chi connectivity index (χ1n) is 8.17. The molecule has 0 N–H and O–H groups in total. The normalized spacial score (nSPS) is 30.4. The molecule has 2 aliphatic heterocycles. The summed E-state index contributed by atoms with van der Waals surface area (Å²) in [6.07, 6.45) is 8.69. The van der Waals surface area contributed by atoms with Crippen LogP contribution in [-0.4, -0.2) is 47.3 Å². The molecule has 0 bridgehead atoms. The molecule has 1 aliphatic carbocycles. The lowest BCUT2D eigenvalue weighted by molar-refractivity contribution is -0.140. The van der Waals surface area contributed by atoms with Crippen LogP contribution in [0.4, 0.5) is 0 Å². The largest absolute Gasteiger partial charge is 0.340 e. The molecular formula is C16H26N2O2. The van der Waals surface area contributed by atoms with Gasteiger partial charge in [-0.1, -0.05) is 26.2 Å². The predicted octanol–water partition coefficient (Wildman–Crippen LogP) is 2.18. The van der Waals surface area contributed by atoms with Crippen LogP contribution in [0.3, 0.4) is 0 Å². The van der Waals surface area contributed by atoms with Crippen LogP contribution in [0.2, 0.25) is 0 Å². The molecule has 1 saturated carbocycles. The molecule has 112 valence electrons. The summed E-state index contributed by atoms with van der Waals surface area (Å²) < 4.78 is 0. The second kappa shape index (κ2) is 5.38.